The minimum Gasteiger partial charge on any atom is -0.330 e. The van der Waals surface area contributed by atoms with Crippen molar-refractivity contribution in [1.82, 2.24) is 4.90 Å². The van der Waals surface area contributed by atoms with Crippen LogP contribution in [0.25, 0.3) is 21.2 Å². The quantitative estimate of drug-likeness (QED) is 0.156. The second kappa shape index (κ2) is 11.9. The molecule has 5 rings (SSSR count). The Kier molecular flexibility index (Phi) is 8.52. The fourth-order valence-corrected chi connectivity index (χ4v) is 7.02. The highest BCUT2D eigenvalue weighted by Crippen LogP contribution is 2.38. The normalized spacial score (nSPS) is 17.5. The van der Waals surface area contributed by atoms with Gasteiger partial charge in [-0.1, -0.05) is 73.5 Å². The number of hydrogen-bond donors (Lipinski definition) is 0. The van der Waals surface area contributed by atoms with Crippen LogP contribution in [0.4, 0.5) is 17.6 Å². The summed E-state index contributed by atoms with van der Waals surface area (Å²) < 4.78 is 54.6. The fourth-order valence-electron chi connectivity index (χ4n) is 5.55. The zero-order valence-corrected chi connectivity index (χ0v) is 23.9. The predicted molar refractivity (Wildman–Crippen MR) is 155 cm³/mol. The third kappa shape index (κ3) is 6.19. The maximum Gasteiger partial charge on any atom is 0.454 e. The molecule has 0 bridgehead atoms. The molecule has 9 heteroatoms. The second-order valence-corrected chi connectivity index (χ2v) is 11.9. The molecule has 0 spiro atoms. The van der Waals surface area contributed by atoms with E-state index in [0.29, 0.717) is 32.5 Å². The van der Waals surface area contributed by atoms with Crippen molar-refractivity contribution in [2.45, 2.75) is 57.8 Å². The van der Waals surface area contributed by atoms with Gasteiger partial charge in [-0.2, -0.15) is 13.2 Å². The number of fused-ring (bicyclic) bond motifs is 1. The van der Waals surface area contributed by atoms with Gasteiger partial charge in [0.1, 0.15) is 10.7 Å². The van der Waals surface area contributed by atoms with Crippen LogP contribution in [0.5, 0.6) is 0 Å². The molecule has 1 amide bonds. The van der Waals surface area contributed by atoms with Crippen LogP contribution in [-0.2, 0) is 6.54 Å². The summed E-state index contributed by atoms with van der Waals surface area (Å²) in [4.78, 5) is 27.8. The van der Waals surface area contributed by atoms with E-state index in [2.05, 4.69) is 6.92 Å². The second-order valence-electron chi connectivity index (χ2n) is 10.5. The lowest BCUT2D eigenvalue weighted by molar-refractivity contribution is -0.0885. The smallest absolute Gasteiger partial charge is 0.330 e. The van der Waals surface area contributed by atoms with E-state index in [4.69, 9.17) is 11.6 Å². The Hall–Kier alpha value is -3.23. The van der Waals surface area contributed by atoms with Crippen LogP contribution in [-0.4, -0.2) is 28.8 Å². The van der Waals surface area contributed by atoms with Crippen LogP contribution in [0.15, 0.2) is 66.7 Å². The fraction of sp³-hybridized carbons (Fsp3) is 0.312. The molecule has 3 nitrogen and oxygen atoms in total. The Morgan fingerprint density at radius 3 is 2.24 bits per heavy atom. The Labute approximate surface area is 244 Å². The Balaban J connectivity index is 1.47. The van der Waals surface area contributed by atoms with E-state index in [0.717, 1.165) is 54.3 Å². The number of rotatable bonds is 7. The molecule has 1 saturated carbocycles. The molecular formula is C32H28ClF4NO2S. The number of Topliss-reactive ketones (excluding diaryl/α,β-unsaturated/α-hetero) is 1. The number of benzene rings is 3. The Bertz CT molecular complexity index is 1570. The maximum absolute atomic E-state index is 15.2. The molecule has 0 aliphatic heterocycles. The van der Waals surface area contributed by atoms with E-state index in [1.807, 2.05) is 24.3 Å². The predicted octanol–water partition coefficient (Wildman–Crippen LogP) is 9.72. The van der Waals surface area contributed by atoms with E-state index in [-0.39, 0.29) is 18.5 Å². The summed E-state index contributed by atoms with van der Waals surface area (Å²) in [6.07, 6.45) is -0.306. The highest BCUT2D eigenvalue weighted by atomic mass is 35.5. The summed E-state index contributed by atoms with van der Waals surface area (Å²) in [6.45, 7) is 2.19. The number of carbonyl (C=O) groups is 2. The first-order valence-electron chi connectivity index (χ1n) is 13.5. The third-order valence-electron chi connectivity index (χ3n) is 7.95. The summed E-state index contributed by atoms with van der Waals surface area (Å²) in [6, 6.07) is 16.9. The van der Waals surface area contributed by atoms with Crippen LogP contribution in [0.2, 0.25) is 5.02 Å². The van der Waals surface area contributed by atoms with Crippen molar-refractivity contribution in [3.05, 3.63) is 93.6 Å². The topological polar surface area (TPSA) is 37.4 Å². The van der Waals surface area contributed by atoms with Crippen LogP contribution in [0.1, 0.15) is 64.6 Å². The van der Waals surface area contributed by atoms with Crippen LogP contribution < -0.4 is 0 Å². The summed E-state index contributed by atoms with van der Waals surface area (Å²) >= 11 is 8.00. The van der Waals surface area contributed by atoms with Crippen LogP contribution >= 0.6 is 22.9 Å². The number of halogens is 5. The highest BCUT2D eigenvalue weighted by Gasteiger charge is 2.39. The maximum atomic E-state index is 15.2. The number of nitrogens with zero attached hydrogens (tertiary/aromatic N) is 1. The minimum atomic E-state index is -4.96. The van der Waals surface area contributed by atoms with Crippen molar-refractivity contribution in [3.8, 4) is 11.1 Å². The lowest BCUT2D eigenvalue weighted by Crippen LogP contribution is -2.42. The van der Waals surface area contributed by atoms with Gasteiger partial charge in [0.15, 0.2) is 0 Å². The van der Waals surface area contributed by atoms with E-state index in [1.54, 1.807) is 11.0 Å². The first-order chi connectivity index (χ1) is 19.6. The van der Waals surface area contributed by atoms with Gasteiger partial charge in [0.25, 0.3) is 11.7 Å². The van der Waals surface area contributed by atoms with Crippen molar-refractivity contribution < 1.29 is 27.2 Å². The molecule has 1 aliphatic carbocycles. The molecule has 0 saturated heterocycles. The summed E-state index contributed by atoms with van der Waals surface area (Å²) in [5.74, 6) is -2.05. The SMILES string of the molecule is CC[C@H]1CC[C@H](N(Cc2cc(-c3ccc(C(=O)C(F)(F)F)cc3)ccc2F)C(=O)c2sc3ccccc3c2Cl)CC1. The van der Waals surface area contributed by atoms with Gasteiger partial charge >= 0.3 is 6.18 Å². The molecule has 1 heterocycles. The molecule has 214 valence electrons. The molecule has 41 heavy (non-hydrogen) atoms. The zero-order chi connectivity index (χ0) is 29.3. The van der Waals surface area contributed by atoms with Crippen LogP contribution in [0, 0.1) is 11.7 Å². The largest absolute Gasteiger partial charge is 0.454 e. The van der Waals surface area contributed by atoms with Gasteiger partial charge in [-0.15, -0.1) is 11.3 Å². The lowest BCUT2D eigenvalue weighted by atomic mass is 9.83. The van der Waals surface area contributed by atoms with Gasteiger partial charge in [0.2, 0.25) is 0 Å². The van der Waals surface area contributed by atoms with E-state index < -0.39 is 23.3 Å². The van der Waals surface area contributed by atoms with Crippen molar-refractivity contribution in [2.24, 2.45) is 5.92 Å². The van der Waals surface area contributed by atoms with Crippen molar-refractivity contribution in [1.29, 1.82) is 0 Å². The first kappa shape index (κ1) is 29.3. The Morgan fingerprint density at radius 1 is 0.951 bits per heavy atom. The number of carbonyl (C=O) groups excluding carboxylic acids is 2. The van der Waals surface area contributed by atoms with Crippen LogP contribution in [0.3, 0.4) is 0 Å². The van der Waals surface area contributed by atoms with Gasteiger partial charge in [0.05, 0.1) is 5.02 Å². The molecule has 0 unspecified atom stereocenters. The molecule has 0 N–H and O–H groups in total. The third-order valence-corrected chi connectivity index (χ3v) is 9.61. The molecule has 1 fully saturated rings. The molecule has 4 aromatic rings. The number of thiophene rings is 1. The summed E-state index contributed by atoms with van der Waals surface area (Å²) in [5.41, 5.74) is 0.914. The van der Waals surface area contributed by atoms with Gasteiger partial charge in [-0.25, -0.2) is 4.39 Å². The number of hydrogen-bond acceptors (Lipinski definition) is 3. The summed E-state index contributed by atoms with van der Waals surface area (Å²) in [5, 5.41) is 1.20. The molecular weight excluding hydrogens is 574 g/mol. The average molecular weight is 602 g/mol. The molecule has 0 atom stereocenters. The molecule has 0 radical (unpaired) electrons. The van der Waals surface area contributed by atoms with Crippen molar-refractivity contribution in [2.75, 3.05) is 0 Å². The van der Waals surface area contributed by atoms with Gasteiger partial charge in [0, 0.05) is 33.8 Å². The number of alkyl halides is 3. The minimum absolute atomic E-state index is 0.0230. The molecule has 3 aromatic carbocycles. The summed E-state index contributed by atoms with van der Waals surface area (Å²) in [7, 11) is 0. The van der Waals surface area contributed by atoms with Gasteiger partial charge in [-0.3, -0.25) is 9.59 Å². The zero-order valence-electron chi connectivity index (χ0n) is 22.3. The molecule has 1 aromatic heterocycles. The number of ketones is 1. The van der Waals surface area contributed by atoms with E-state index in [9.17, 15) is 22.8 Å². The van der Waals surface area contributed by atoms with Crippen molar-refractivity contribution >= 4 is 44.7 Å². The first-order valence-corrected chi connectivity index (χ1v) is 14.7. The average Bonchev–Trinajstić information content (AvgIpc) is 3.32. The highest BCUT2D eigenvalue weighted by molar-refractivity contribution is 7.21. The van der Waals surface area contributed by atoms with Gasteiger partial charge in [-0.05, 0) is 60.9 Å². The van der Waals surface area contributed by atoms with E-state index >= 15 is 4.39 Å². The Morgan fingerprint density at radius 2 is 1.61 bits per heavy atom. The monoisotopic (exact) mass is 601 g/mol. The lowest BCUT2D eigenvalue weighted by Gasteiger charge is -2.37. The van der Waals surface area contributed by atoms with Crippen molar-refractivity contribution in [3.63, 3.8) is 0 Å². The standard InChI is InChI=1S/C32H28ClF4NO2S/c1-2-19-7-14-24(15-8-19)38(31(40)29-28(33)25-5-3-4-6-27(25)41-29)18-23-17-22(13-16-26(23)34)20-9-11-21(12-10-20)30(39)32(35,36)37/h3-6,9-13,16-17,19,24H,2,7-8,14-15,18H2,1H3/t19-,24-. The van der Waals surface area contributed by atoms with Gasteiger partial charge < -0.3 is 4.90 Å². The van der Waals surface area contributed by atoms with E-state index in [1.165, 1.54) is 35.6 Å². The number of amides is 1. The molecule has 1 aliphatic rings.